The Hall–Kier alpha value is -1.74. The fourth-order valence-corrected chi connectivity index (χ4v) is 2.09. The molecule has 94 valence electrons. The molecule has 0 saturated carbocycles. The van der Waals surface area contributed by atoms with Gasteiger partial charge in [0.05, 0.1) is 11.7 Å². The summed E-state index contributed by atoms with van der Waals surface area (Å²) in [6.07, 6.45) is 1.56. The fourth-order valence-electron chi connectivity index (χ4n) is 2.09. The number of pyridine rings is 1. The second-order valence-corrected chi connectivity index (χ2v) is 4.64. The third-order valence-electron chi connectivity index (χ3n) is 3.30. The van der Waals surface area contributed by atoms with Crippen LogP contribution < -0.4 is 5.73 Å². The number of rotatable bonds is 2. The molecule has 3 heteroatoms. The van der Waals surface area contributed by atoms with Gasteiger partial charge in [0.2, 0.25) is 0 Å². The number of nitrogens with two attached hydrogens (primary N) is 1. The first-order valence-corrected chi connectivity index (χ1v) is 5.94. The lowest BCUT2D eigenvalue weighted by molar-refractivity contribution is 0.585. The van der Waals surface area contributed by atoms with E-state index in [0.717, 1.165) is 16.7 Å². The Morgan fingerprint density at radius 3 is 2.44 bits per heavy atom. The Morgan fingerprint density at radius 2 is 1.78 bits per heavy atom. The third kappa shape index (κ3) is 2.27. The van der Waals surface area contributed by atoms with Crippen molar-refractivity contribution in [2.24, 2.45) is 5.73 Å². The molecule has 0 radical (unpaired) electrons. The zero-order valence-electron chi connectivity index (χ0n) is 10.9. The molecule has 1 aromatic carbocycles. The molecule has 1 heterocycles. The van der Waals surface area contributed by atoms with Crippen molar-refractivity contribution in [3.05, 3.63) is 64.2 Å². The average Bonchev–Trinajstić information content (AvgIpc) is 2.33. The SMILES string of the molecule is Cc1cc(C)c(C(N)c2ncccc2F)cc1C. The minimum atomic E-state index is -0.523. The molecule has 0 aliphatic rings. The zero-order chi connectivity index (χ0) is 13.3. The molecule has 2 aromatic rings. The number of halogens is 1. The zero-order valence-corrected chi connectivity index (χ0v) is 10.9. The Bertz CT molecular complexity index is 579. The molecule has 2 rings (SSSR count). The van der Waals surface area contributed by atoms with E-state index in [1.807, 2.05) is 19.9 Å². The number of hydrogen-bond acceptors (Lipinski definition) is 2. The van der Waals surface area contributed by atoms with E-state index in [2.05, 4.69) is 18.0 Å². The monoisotopic (exact) mass is 244 g/mol. The van der Waals surface area contributed by atoms with Gasteiger partial charge >= 0.3 is 0 Å². The maximum atomic E-state index is 13.7. The summed E-state index contributed by atoms with van der Waals surface area (Å²) >= 11 is 0. The first kappa shape index (κ1) is 12.7. The highest BCUT2D eigenvalue weighted by Gasteiger charge is 2.17. The van der Waals surface area contributed by atoms with Crippen molar-refractivity contribution >= 4 is 0 Å². The van der Waals surface area contributed by atoms with Crippen LogP contribution in [0.4, 0.5) is 4.39 Å². The Morgan fingerprint density at radius 1 is 1.11 bits per heavy atom. The number of hydrogen-bond donors (Lipinski definition) is 1. The standard InChI is InChI=1S/C15H17FN2/c1-9-7-11(3)12(8-10(9)2)14(17)15-13(16)5-4-6-18-15/h4-8,14H,17H2,1-3H3. The van der Waals surface area contributed by atoms with Gasteiger partial charge in [-0.05, 0) is 55.2 Å². The van der Waals surface area contributed by atoms with Crippen molar-refractivity contribution in [2.75, 3.05) is 0 Å². The molecule has 0 saturated heterocycles. The molecule has 0 aliphatic heterocycles. The highest BCUT2D eigenvalue weighted by Crippen LogP contribution is 2.25. The lowest BCUT2D eigenvalue weighted by Crippen LogP contribution is -2.17. The van der Waals surface area contributed by atoms with Gasteiger partial charge in [-0.3, -0.25) is 4.98 Å². The molecule has 18 heavy (non-hydrogen) atoms. The lowest BCUT2D eigenvalue weighted by Gasteiger charge is -2.16. The van der Waals surface area contributed by atoms with Crippen LogP contribution in [0.15, 0.2) is 30.5 Å². The Balaban J connectivity index is 2.50. The summed E-state index contributed by atoms with van der Waals surface area (Å²) in [6.45, 7) is 6.07. The minimum absolute atomic E-state index is 0.295. The lowest BCUT2D eigenvalue weighted by atomic mass is 9.94. The fraction of sp³-hybridized carbons (Fsp3) is 0.267. The summed E-state index contributed by atoms with van der Waals surface area (Å²) in [5.41, 5.74) is 10.8. The van der Waals surface area contributed by atoms with Crippen LogP contribution in [0.3, 0.4) is 0 Å². The van der Waals surface area contributed by atoms with E-state index >= 15 is 0 Å². The largest absolute Gasteiger partial charge is 0.319 e. The number of nitrogens with zero attached hydrogens (tertiary/aromatic N) is 1. The summed E-state index contributed by atoms with van der Waals surface area (Å²) in [5.74, 6) is -0.359. The second-order valence-electron chi connectivity index (χ2n) is 4.64. The Labute approximate surface area is 107 Å². The van der Waals surface area contributed by atoms with Crippen molar-refractivity contribution < 1.29 is 4.39 Å². The van der Waals surface area contributed by atoms with Crippen LogP contribution in [-0.2, 0) is 0 Å². The molecule has 1 aromatic heterocycles. The van der Waals surface area contributed by atoms with Crippen molar-refractivity contribution in [3.8, 4) is 0 Å². The molecule has 0 bridgehead atoms. The van der Waals surface area contributed by atoms with E-state index in [1.54, 1.807) is 12.3 Å². The molecule has 0 amide bonds. The predicted molar refractivity (Wildman–Crippen MR) is 70.9 cm³/mol. The molecule has 0 fully saturated rings. The maximum absolute atomic E-state index is 13.7. The minimum Gasteiger partial charge on any atom is -0.319 e. The smallest absolute Gasteiger partial charge is 0.146 e. The molecule has 1 unspecified atom stereocenters. The van der Waals surface area contributed by atoms with Crippen LogP contribution in [0.25, 0.3) is 0 Å². The van der Waals surface area contributed by atoms with Crippen LogP contribution in [0.1, 0.15) is 34.0 Å². The number of benzene rings is 1. The molecule has 0 spiro atoms. The maximum Gasteiger partial charge on any atom is 0.146 e. The van der Waals surface area contributed by atoms with Crippen LogP contribution in [0.5, 0.6) is 0 Å². The number of aryl methyl sites for hydroxylation is 3. The van der Waals surface area contributed by atoms with E-state index in [9.17, 15) is 4.39 Å². The van der Waals surface area contributed by atoms with E-state index in [-0.39, 0.29) is 5.82 Å². The highest BCUT2D eigenvalue weighted by molar-refractivity contribution is 5.41. The van der Waals surface area contributed by atoms with Crippen molar-refractivity contribution in [1.29, 1.82) is 0 Å². The Kier molecular flexibility index (Phi) is 3.43. The summed E-state index contributed by atoms with van der Waals surface area (Å²) in [5, 5.41) is 0. The molecule has 0 aliphatic carbocycles. The van der Waals surface area contributed by atoms with Crippen LogP contribution in [-0.4, -0.2) is 4.98 Å². The van der Waals surface area contributed by atoms with Gasteiger partial charge in [-0.1, -0.05) is 12.1 Å². The third-order valence-corrected chi connectivity index (χ3v) is 3.30. The molecular formula is C15H17FN2. The van der Waals surface area contributed by atoms with Crippen molar-refractivity contribution in [1.82, 2.24) is 4.98 Å². The molecule has 2 N–H and O–H groups in total. The normalized spacial score (nSPS) is 12.5. The molecule has 2 nitrogen and oxygen atoms in total. The quantitative estimate of drug-likeness (QED) is 0.881. The van der Waals surface area contributed by atoms with Gasteiger partial charge in [0.25, 0.3) is 0 Å². The van der Waals surface area contributed by atoms with Crippen molar-refractivity contribution in [3.63, 3.8) is 0 Å². The topological polar surface area (TPSA) is 38.9 Å². The highest BCUT2D eigenvalue weighted by atomic mass is 19.1. The summed E-state index contributed by atoms with van der Waals surface area (Å²) in [4.78, 5) is 4.05. The van der Waals surface area contributed by atoms with Crippen LogP contribution >= 0.6 is 0 Å². The van der Waals surface area contributed by atoms with Gasteiger partial charge in [0, 0.05) is 6.20 Å². The van der Waals surface area contributed by atoms with Gasteiger partial charge in [-0.25, -0.2) is 4.39 Å². The van der Waals surface area contributed by atoms with E-state index in [1.165, 1.54) is 11.6 Å². The van der Waals surface area contributed by atoms with Gasteiger partial charge < -0.3 is 5.73 Å². The van der Waals surface area contributed by atoms with Crippen LogP contribution in [0.2, 0.25) is 0 Å². The van der Waals surface area contributed by atoms with Gasteiger partial charge in [-0.15, -0.1) is 0 Å². The second kappa shape index (κ2) is 4.86. The van der Waals surface area contributed by atoms with E-state index in [4.69, 9.17) is 5.73 Å². The molecular weight excluding hydrogens is 227 g/mol. The van der Waals surface area contributed by atoms with Crippen LogP contribution in [0, 0.1) is 26.6 Å². The first-order valence-electron chi connectivity index (χ1n) is 5.94. The number of aromatic nitrogens is 1. The van der Waals surface area contributed by atoms with E-state index < -0.39 is 6.04 Å². The summed E-state index contributed by atoms with van der Waals surface area (Å²) < 4.78 is 13.7. The molecule has 1 atom stereocenters. The summed E-state index contributed by atoms with van der Waals surface area (Å²) in [7, 11) is 0. The van der Waals surface area contributed by atoms with Gasteiger partial charge in [0.1, 0.15) is 5.82 Å². The average molecular weight is 244 g/mol. The first-order chi connectivity index (χ1) is 8.50. The van der Waals surface area contributed by atoms with Gasteiger partial charge in [-0.2, -0.15) is 0 Å². The summed E-state index contributed by atoms with van der Waals surface area (Å²) in [6, 6.07) is 6.53. The van der Waals surface area contributed by atoms with Gasteiger partial charge in [0.15, 0.2) is 0 Å². The van der Waals surface area contributed by atoms with E-state index in [0.29, 0.717) is 5.69 Å². The predicted octanol–water partition coefficient (Wildman–Crippen LogP) is 3.19. The van der Waals surface area contributed by atoms with Crippen molar-refractivity contribution in [2.45, 2.75) is 26.8 Å².